The Balaban J connectivity index is 2.32. The molecule has 0 fully saturated rings. The van der Waals surface area contributed by atoms with Crippen LogP contribution in [0.15, 0.2) is 16.6 Å². The number of fused-ring (bicyclic) bond motifs is 1. The number of oxime groups is 1. The zero-order chi connectivity index (χ0) is 11.7. The van der Waals surface area contributed by atoms with Gasteiger partial charge in [-0.3, -0.25) is 4.79 Å². The van der Waals surface area contributed by atoms with Crippen molar-refractivity contribution in [3.63, 3.8) is 0 Å². The van der Waals surface area contributed by atoms with E-state index >= 15 is 0 Å². The summed E-state index contributed by atoms with van der Waals surface area (Å²) in [5.74, 6) is -0.361. The first-order chi connectivity index (χ1) is 7.69. The Kier molecular flexibility index (Phi) is 2.90. The molecule has 1 heterocycles. The number of aliphatic hydroxyl groups excluding tert-OH is 1. The number of carbonyl (C=O) groups excluding carboxylic acids is 1. The fourth-order valence-electron chi connectivity index (χ4n) is 1.73. The minimum absolute atomic E-state index is 0.145. The van der Waals surface area contributed by atoms with Crippen molar-refractivity contribution >= 4 is 23.0 Å². The van der Waals surface area contributed by atoms with Crippen LogP contribution in [-0.4, -0.2) is 34.6 Å². The van der Waals surface area contributed by atoms with Gasteiger partial charge in [0.1, 0.15) is 11.8 Å². The van der Waals surface area contributed by atoms with Gasteiger partial charge in [0.25, 0.3) is 0 Å². The van der Waals surface area contributed by atoms with Crippen LogP contribution in [0, 0.1) is 0 Å². The van der Waals surface area contributed by atoms with E-state index in [4.69, 9.17) is 10.9 Å². The van der Waals surface area contributed by atoms with E-state index < -0.39 is 12.1 Å². The molecule has 5 N–H and O–H groups in total. The van der Waals surface area contributed by atoms with Gasteiger partial charge in [0.2, 0.25) is 5.91 Å². The number of hydrogen-bond donors (Lipinski definition) is 4. The SMILES string of the molecule is NCC(=O)N[C@@H]1c2ccsc2/C(=N/O)[C@H]1O. The second-order valence-electron chi connectivity index (χ2n) is 3.38. The van der Waals surface area contributed by atoms with Crippen LogP contribution in [0.4, 0.5) is 0 Å². The lowest BCUT2D eigenvalue weighted by atomic mass is 10.1. The molecule has 0 bridgehead atoms. The smallest absolute Gasteiger partial charge is 0.234 e. The van der Waals surface area contributed by atoms with E-state index in [1.54, 1.807) is 6.07 Å². The van der Waals surface area contributed by atoms with Gasteiger partial charge in [-0.15, -0.1) is 11.3 Å². The number of aliphatic hydroxyl groups is 1. The molecule has 0 aliphatic heterocycles. The average Bonchev–Trinajstić information content (AvgIpc) is 2.82. The van der Waals surface area contributed by atoms with Crippen molar-refractivity contribution in [1.82, 2.24) is 5.32 Å². The number of thiophene rings is 1. The van der Waals surface area contributed by atoms with E-state index in [2.05, 4.69) is 10.5 Å². The Hall–Kier alpha value is -1.44. The topological polar surface area (TPSA) is 108 Å². The van der Waals surface area contributed by atoms with E-state index in [1.165, 1.54) is 11.3 Å². The lowest BCUT2D eigenvalue weighted by Gasteiger charge is -2.16. The first-order valence-electron chi connectivity index (χ1n) is 4.66. The van der Waals surface area contributed by atoms with Gasteiger partial charge >= 0.3 is 0 Å². The molecular formula is C9H11N3O3S. The van der Waals surface area contributed by atoms with E-state index in [0.717, 1.165) is 5.56 Å². The number of nitrogens with zero attached hydrogens (tertiary/aromatic N) is 1. The minimum Gasteiger partial charge on any atom is -0.411 e. The molecule has 6 nitrogen and oxygen atoms in total. The molecule has 86 valence electrons. The molecule has 1 aromatic rings. The van der Waals surface area contributed by atoms with Gasteiger partial charge < -0.3 is 21.4 Å². The van der Waals surface area contributed by atoms with Crippen LogP contribution >= 0.6 is 11.3 Å². The Morgan fingerprint density at radius 3 is 3.06 bits per heavy atom. The molecule has 0 spiro atoms. The predicted octanol–water partition coefficient (Wildman–Crippen LogP) is -0.583. The van der Waals surface area contributed by atoms with Crippen LogP contribution in [0.5, 0.6) is 0 Å². The largest absolute Gasteiger partial charge is 0.411 e. The molecule has 2 atom stereocenters. The number of nitrogens with two attached hydrogens (primary N) is 1. The summed E-state index contributed by atoms with van der Waals surface area (Å²) in [7, 11) is 0. The first-order valence-corrected chi connectivity index (χ1v) is 5.54. The number of carbonyl (C=O) groups is 1. The van der Waals surface area contributed by atoms with Crippen molar-refractivity contribution in [1.29, 1.82) is 0 Å². The second kappa shape index (κ2) is 4.20. The Morgan fingerprint density at radius 1 is 1.69 bits per heavy atom. The summed E-state index contributed by atoms with van der Waals surface area (Å²) >= 11 is 1.35. The highest BCUT2D eigenvalue weighted by molar-refractivity contribution is 7.12. The van der Waals surface area contributed by atoms with Crippen molar-refractivity contribution in [2.75, 3.05) is 6.54 Å². The normalized spacial score (nSPS) is 25.8. The molecule has 0 saturated carbocycles. The summed E-state index contributed by atoms with van der Waals surface area (Å²) in [6.07, 6.45) is -1.03. The van der Waals surface area contributed by atoms with Crippen molar-refractivity contribution in [3.05, 3.63) is 21.9 Å². The van der Waals surface area contributed by atoms with Crippen molar-refractivity contribution < 1.29 is 15.1 Å². The highest BCUT2D eigenvalue weighted by atomic mass is 32.1. The van der Waals surface area contributed by atoms with E-state index in [1.807, 2.05) is 5.38 Å². The lowest BCUT2D eigenvalue weighted by Crippen LogP contribution is -2.38. The predicted molar refractivity (Wildman–Crippen MR) is 58.6 cm³/mol. The van der Waals surface area contributed by atoms with Crippen LogP contribution in [0.25, 0.3) is 0 Å². The van der Waals surface area contributed by atoms with E-state index in [0.29, 0.717) is 4.88 Å². The van der Waals surface area contributed by atoms with Gasteiger partial charge in [0.05, 0.1) is 17.5 Å². The molecule has 2 rings (SSSR count). The van der Waals surface area contributed by atoms with Gasteiger partial charge in [-0.25, -0.2) is 0 Å². The van der Waals surface area contributed by atoms with Crippen LogP contribution in [0.2, 0.25) is 0 Å². The molecule has 0 aromatic carbocycles. The fraction of sp³-hybridized carbons (Fsp3) is 0.333. The van der Waals surface area contributed by atoms with Gasteiger partial charge in [-0.05, 0) is 17.0 Å². The fourth-order valence-corrected chi connectivity index (χ4v) is 2.69. The molecule has 0 unspecified atom stereocenters. The van der Waals surface area contributed by atoms with E-state index in [-0.39, 0.29) is 18.2 Å². The Labute approximate surface area is 95.4 Å². The quantitative estimate of drug-likeness (QED) is 0.410. The third-order valence-electron chi connectivity index (χ3n) is 2.47. The second-order valence-corrected chi connectivity index (χ2v) is 4.30. The van der Waals surface area contributed by atoms with Crippen LogP contribution in [0.3, 0.4) is 0 Å². The number of hydrogen-bond acceptors (Lipinski definition) is 6. The van der Waals surface area contributed by atoms with E-state index in [9.17, 15) is 9.90 Å². The van der Waals surface area contributed by atoms with Crippen molar-refractivity contribution in [2.45, 2.75) is 12.1 Å². The van der Waals surface area contributed by atoms with Crippen molar-refractivity contribution in [3.8, 4) is 0 Å². The Morgan fingerprint density at radius 2 is 2.44 bits per heavy atom. The van der Waals surface area contributed by atoms with Crippen LogP contribution in [0.1, 0.15) is 16.5 Å². The van der Waals surface area contributed by atoms with Crippen LogP contribution in [-0.2, 0) is 4.79 Å². The highest BCUT2D eigenvalue weighted by Crippen LogP contribution is 2.35. The maximum absolute atomic E-state index is 11.2. The molecule has 1 aliphatic carbocycles. The maximum atomic E-state index is 11.2. The summed E-state index contributed by atoms with van der Waals surface area (Å²) in [5, 5.41) is 26.1. The summed E-state index contributed by atoms with van der Waals surface area (Å²) in [6.45, 7) is -0.145. The summed E-state index contributed by atoms with van der Waals surface area (Å²) in [4.78, 5) is 11.9. The van der Waals surface area contributed by atoms with Gasteiger partial charge in [0.15, 0.2) is 0 Å². The zero-order valence-electron chi connectivity index (χ0n) is 8.25. The monoisotopic (exact) mass is 241 g/mol. The molecule has 1 aromatic heterocycles. The third-order valence-corrected chi connectivity index (χ3v) is 3.42. The summed E-state index contributed by atoms with van der Waals surface area (Å²) in [5.41, 5.74) is 6.13. The number of amides is 1. The highest BCUT2D eigenvalue weighted by Gasteiger charge is 2.39. The van der Waals surface area contributed by atoms with Crippen molar-refractivity contribution in [2.24, 2.45) is 10.9 Å². The average molecular weight is 241 g/mol. The number of rotatable bonds is 2. The minimum atomic E-state index is -1.03. The molecular weight excluding hydrogens is 230 g/mol. The molecule has 0 radical (unpaired) electrons. The molecule has 16 heavy (non-hydrogen) atoms. The third kappa shape index (κ3) is 1.58. The van der Waals surface area contributed by atoms with Crippen LogP contribution < -0.4 is 11.1 Å². The molecule has 0 saturated heterocycles. The zero-order valence-corrected chi connectivity index (χ0v) is 9.07. The van der Waals surface area contributed by atoms with Gasteiger partial charge in [0, 0.05) is 0 Å². The maximum Gasteiger partial charge on any atom is 0.234 e. The number of nitrogens with one attached hydrogen (secondary N) is 1. The van der Waals surface area contributed by atoms with Gasteiger partial charge in [-0.1, -0.05) is 5.16 Å². The molecule has 1 amide bonds. The molecule has 7 heteroatoms. The lowest BCUT2D eigenvalue weighted by molar-refractivity contribution is -0.121. The van der Waals surface area contributed by atoms with Gasteiger partial charge in [-0.2, -0.15) is 0 Å². The molecule has 1 aliphatic rings. The summed E-state index contributed by atoms with van der Waals surface area (Å²) < 4.78 is 0. The Bertz CT molecular complexity index is 443. The first kappa shape index (κ1) is 11.1. The standard InChI is InChI=1S/C9H11N3O3S/c10-3-5(13)11-6-4-1-2-16-9(4)7(12-15)8(6)14/h1-2,6,8,14-15H,3,10H2,(H,11,13)/b12-7+/t6-,8+/m1/s1. The summed E-state index contributed by atoms with van der Waals surface area (Å²) in [6, 6.07) is 1.20.